The van der Waals surface area contributed by atoms with Gasteiger partial charge < -0.3 is 13.6 Å². The fraction of sp³-hybridized carbons (Fsp3) is 0. The second-order valence-electron chi connectivity index (χ2n) is 15.8. The van der Waals surface area contributed by atoms with Crippen molar-refractivity contribution < 1.29 is 4.42 Å². The minimum atomic E-state index is 0.789. The molecule has 0 radical (unpaired) electrons. The van der Waals surface area contributed by atoms with Crippen LogP contribution in [0.2, 0.25) is 0 Å². The van der Waals surface area contributed by atoms with Gasteiger partial charge in [-0.05, 0) is 78.4 Å². The highest BCUT2D eigenvalue weighted by Crippen LogP contribution is 2.43. The van der Waals surface area contributed by atoms with Crippen molar-refractivity contribution in [2.45, 2.75) is 0 Å². The van der Waals surface area contributed by atoms with Crippen LogP contribution in [-0.2, 0) is 0 Å². The summed E-state index contributed by atoms with van der Waals surface area (Å²) in [6.45, 7) is 0. The molecule has 62 heavy (non-hydrogen) atoms. The molecular weight excluding hydrogens is 759 g/mol. The first-order valence-electron chi connectivity index (χ1n) is 20.9. The van der Waals surface area contributed by atoms with Crippen molar-refractivity contribution >= 4 is 65.6 Å². The fourth-order valence-corrected chi connectivity index (χ4v) is 9.66. The van der Waals surface area contributed by atoms with Gasteiger partial charge in [-0.2, -0.15) is 0 Å². The molecule has 0 aliphatic rings. The van der Waals surface area contributed by atoms with Crippen LogP contribution in [0.1, 0.15) is 0 Å². The number of nitrogens with zero attached hydrogens (tertiary/aromatic N) is 5. The standard InChI is InChI=1S/C56H35N5O/c1-3-16-36(17-4-1)55-57-58-56(60(55)39-19-5-2-6-20-39)38-30-33-51-47(35-38)43-24-9-12-27-49(43)59(51)40-21-15-18-37(34-40)41-22-7-11-26-48(41)61-50-28-13-8-23-42(50)45-31-32-46-44-25-10-14-29-52(44)62-54(46)53(45)61/h1-35H. The summed E-state index contributed by atoms with van der Waals surface area (Å²) in [6, 6.07) is 75.1. The summed E-state index contributed by atoms with van der Waals surface area (Å²) in [4.78, 5) is 0. The molecule has 0 saturated heterocycles. The predicted octanol–water partition coefficient (Wildman–Crippen LogP) is 14.4. The van der Waals surface area contributed by atoms with E-state index in [0.717, 1.165) is 100 Å². The zero-order chi connectivity index (χ0) is 40.7. The van der Waals surface area contributed by atoms with Crippen LogP contribution in [0.4, 0.5) is 0 Å². The molecule has 9 aromatic carbocycles. The molecule has 0 aliphatic carbocycles. The van der Waals surface area contributed by atoms with Crippen molar-refractivity contribution in [3.63, 3.8) is 0 Å². The Morgan fingerprint density at radius 1 is 0.339 bits per heavy atom. The normalized spacial score (nSPS) is 11.9. The molecule has 0 unspecified atom stereocenters. The van der Waals surface area contributed by atoms with Crippen LogP contribution in [0.3, 0.4) is 0 Å². The zero-order valence-electron chi connectivity index (χ0n) is 33.4. The van der Waals surface area contributed by atoms with Gasteiger partial charge in [-0.3, -0.25) is 4.57 Å². The Bertz CT molecular complexity index is 3870. The lowest BCUT2D eigenvalue weighted by Gasteiger charge is -2.16. The fourth-order valence-electron chi connectivity index (χ4n) is 9.66. The van der Waals surface area contributed by atoms with Crippen LogP contribution < -0.4 is 0 Å². The first kappa shape index (κ1) is 34.4. The lowest BCUT2D eigenvalue weighted by molar-refractivity contribution is 0.671. The molecule has 0 atom stereocenters. The second-order valence-corrected chi connectivity index (χ2v) is 15.8. The molecule has 0 aliphatic heterocycles. The van der Waals surface area contributed by atoms with Crippen LogP contribution in [0.15, 0.2) is 217 Å². The highest BCUT2D eigenvalue weighted by Gasteiger charge is 2.22. The number of aromatic nitrogens is 5. The van der Waals surface area contributed by atoms with E-state index in [1.807, 2.05) is 30.3 Å². The topological polar surface area (TPSA) is 53.7 Å². The molecule has 0 amide bonds. The van der Waals surface area contributed by atoms with Crippen LogP contribution in [0.25, 0.3) is 117 Å². The highest BCUT2D eigenvalue weighted by atomic mass is 16.3. The molecule has 13 aromatic rings. The lowest BCUT2D eigenvalue weighted by Crippen LogP contribution is -2.00. The SMILES string of the molecule is c1ccc(-c2nnc(-c3ccc4c(c3)c3ccccc3n4-c3cccc(-c4ccccc4-n4c5ccccc5c5ccc6c7ccccc7oc6c54)c3)n2-c2ccccc2)cc1. The van der Waals surface area contributed by atoms with Crippen molar-refractivity contribution in [1.29, 1.82) is 0 Å². The molecule has 290 valence electrons. The maximum absolute atomic E-state index is 6.71. The number of hydrogen-bond donors (Lipinski definition) is 0. The Morgan fingerprint density at radius 3 is 1.76 bits per heavy atom. The molecule has 4 aromatic heterocycles. The van der Waals surface area contributed by atoms with E-state index in [1.54, 1.807) is 0 Å². The van der Waals surface area contributed by atoms with E-state index >= 15 is 0 Å². The molecule has 4 heterocycles. The van der Waals surface area contributed by atoms with Gasteiger partial charge in [-0.15, -0.1) is 10.2 Å². The second kappa shape index (κ2) is 13.5. The van der Waals surface area contributed by atoms with Gasteiger partial charge in [-0.1, -0.05) is 140 Å². The van der Waals surface area contributed by atoms with Crippen molar-refractivity contribution in [2.75, 3.05) is 0 Å². The van der Waals surface area contributed by atoms with Crippen molar-refractivity contribution in [2.24, 2.45) is 0 Å². The van der Waals surface area contributed by atoms with Gasteiger partial charge in [0.2, 0.25) is 0 Å². The summed E-state index contributed by atoms with van der Waals surface area (Å²) in [7, 11) is 0. The Hall–Kier alpha value is -8.48. The molecule has 0 saturated carbocycles. The monoisotopic (exact) mass is 793 g/mol. The van der Waals surface area contributed by atoms with Gasteiger partial charge in [0.25, 0.3) is 0 Å². The third-order valence-corrected chi connectivity index (χ3v) is 12.4. The van der Waals surface area contributed by atoms with Gasteiger partial charge in [0.1, 0.15) is 5.58 Å². The maximum atomic E-state index is 6.71. The molecule has 13 rings (SSSR count). The van der Waals surface area contributed by atoms with E-state index in [4.69, 9.17) is 14.6 Å². The number of fused-ring (bicyclic) bond motifs is 10. The number of benzene rings is 9. The smallest absolute Gasteiger partial charge is 0.168 e. The van der Waals surface area contributed by atoms with E-state index in [0.29, 0.717) is 0 Å². The van der Waals surface area contributed by atoms with E-state index in [9.17, 15) is 0 Å². The molecular formula is C56H35N5O. The van der Waals surface area contributed by atoms with E-state index in [-0.39, 0.29) is 0 Å². The van der Waals surface area contributed by atoms with Crippen LogP contribution >= 0.6 is 0 Å². The largest absolute Gasteiger partial charge is 0.454 e. The van der Waals surface area contributed by atoms with E-state index in [2.05, 4.69) is 196 Å². The summed E-state index contributed by atoms with van der Waals surface area (Å²) in [6.07, 6.45) is 0. The quantitative estimate of drug-likeness (QED) is 0.168. The average molecular weight is 794 g/mol. The summed E-state index contributed by atoms with van der Waals surface area (Å²) in [5.41, 5.74) is 13.7. The summed E-state index contributed by atoms with van der Waals surface area (Å²) >= 11 is 0. The molecule has 0 N–H and O–H groups in total. The molecule has 6 nitrogen and oxygen atoms in total. The summed E-state index contributed by atoms with van der Waals surface area (Å²) in [5.74, 6) is 1.59. The Morgan fingerprint density at radius 2 is 0.935 bits per heavy atom. The van der Waals surface area contributed by atoms with Crippen molar-refractivity contribution in [1.82, 2.24) is 23.9 Å². The third-order valence-electron chi connectivity index (χ3n) is 12.4. The van der Waals surface area contributed by atoms with E-state index < -0.39 is 0 Å². The molecule has 0 fully saturated rings. The van der Waals surface area contributed by atoms with Gasteiger partial charge in [0.05, 0.1) is 27.8 Å². The van der Waals surface area contributed by atoms with Crippen LogP contribution in [0.5, 0.6) is 0 Å². The van der Waals surface area contributed by atoms with Gasteiger partial charge >= 0.3 is 0 Å². The van der Waals surface area contributed by atoms with Crippen LogP contribution in [0, 0.1) is 0 Å². The van der Waals surface area contributed by atoms with Gasteiger partial charge in [-0.25, -0.2) is 0 Å². The number of hydrogen-bond acceptors (Lipinski definition) is 3. The Kier molecular flexibility index (Phi) is 7.50. The summed E-state index contributed by atoms with van der Waals surface area (Å²) in [5, 5.41) is 16.5. The van der Waals surface area contributed by atoms with Gasteiger partial charge in [0.15, 0.2) is 17.2 Å². The number of rotatable bonds is 6. The lowest BCUT2D eigenvalue weighted by atomic mass is 10.0. The Labute approximate surface area is 355 Å². The number of para-hydroxylation sites is 5. The zero-order valence-corrected chi connectivity index (χ0v) is 33.4. The van der Waals surface area contributed by atoms with E-state index in [1.165, 1.54) is 16.2 Å². The third kappa shape index (κ3) is 5.10. The highest BCUT2D eigenvalue weighted by molar-refractivity contribution is 6.21. The maximum Gasteiger partial charge on any atom is 0.168 e. The molecule has 6 heteroatoms. The predicted molar refractivity (Wildman–Crippen MR) is 254 cm³/mol. The van der Waals surface area contributed by atoms with Gasteiger partial charge in [0, 0.05) is 60.4 Å². The Balaban J connectivity index is 0.991. The first-order chi connectivity index (χ1) is 30.8. The van der Waals surface area contributed by atoms with Crippen molar-refractivity contribution in [3.8, 4) is 51.0 Å². The minimum Gasteiger partial charge on any atom is -0.454 e. The van der Waals surface area contributed by atoms with Crippen molar-refractivity contribution in [3.05, 3.63) is 212 Å². The average Bonchev–Trinajstić information content (AvgIpc) is 4.12. The molecule has 0 bridgehead atoms. The number of furan rings is 1. The summed E-state index contributed by atoms with van der Waals surface area (Å²) < 4.78 is 13.7. The minimum absolute atomic E-state index is 0.789. The van der Waals surface area contributed by atoms with Crippen LogP contribution in [-0.4, -0.2) is 23.9 Å². The molecule has 0 spiro atoms. The first-order valence-corrected chi connectivity index (χ1v) is 20.9.